The van der Waals surface area contributed by atoms with Crippen LogP contribution in [0.3, 0.4) is 0 Å². The van der Waals surface area contributed by atoms with Crippen molar-refractivity contribution >= 4 is 22.6 Å². The van der Waals surface area contributed by atoms with E-state index in [1.807, 2.05) is 26.8 Å². The van der Waals surface area contributed by atoms with Crippen molar-refractivity contribution in [3.05, 3.63) is 82.4 Å². The van der Waals surface area contributed by atoms with Gasteiger partial charge in [-0.1, -0.05) is 62.3 Å². The number of anilines is 1. The van der Waals surface area contributed by atoms with Crippen molar-refractivity contribution in [3.63, 3.8) is 0 Å². The second-order valence-corrected chi connectivity index (χ2v) is 7.73. The van der Waals surface area contributed by atoms with E-state index in [0.717, 1.165) is 5.69 Å². The van der Waals surface area contributed by atoms with Gasteiger partial charge in [0.25, 0.3) is 11.5 Å². The van der Waals surface area contributed by atoms with Crippen molar-refractivity contribution in [1.29, 1.82) is 0 Å². The Hall–Kier alpha value is -3.74. The maximum absolute atomic E-state index is 13.0. The number of nitrogens with one attached hydrogen (secondary N) is 1. The van der Waals surface area contributed by atoms with E-state index >= 15 is 0 Å². The van der Waals surface area contributed by atoms with Gasteiger partial charge in [0.1, 0.15) is 0 Å². The second kappa shape index (κ2) is 7.01. The number of carbonyl (C=O) groups is 1. The number of benzene rings is 2. The highest BCUT2D eigenvalue weighted by Gasteiger charge is 2.22. The van der Waals surface area contributed by atoms with Gasteiger partial charge in [-0.3, -0.25) is 14.9 Å². The molecule has 0 radical (unpaired) electrons. The Bertz CT molecular complexity index is 1250. The lowest BCUT2D eigenvalue weighted by molar-refractivity contribution is 0.101. The summed E-state index contributed by atoms with van der Waals surface area (Å²) in [6.07, 6.45) is 0. The molecule has 2 aromatic carbocycles. The summed E-state index contributed by atoms with van der Waals surface area (Å²) in [5.74, 6) is -0.259. The molecule has 0 aliphatic carbocycles. The van der Waals surface area contributed by atoms with Crippen LogP contribution in [-0.2, 0) is 5.41 Å². The largest absolute Gasteiger partial charge is 0.338 e. The van der Waals surface area contributed by atoms with Gasteiger partial charge >= 0.3 is 0 Å². The standard InChI is InChI=1S/C22H20N4O3/c1-22(2,3)17-13-18(29-25-17)23-20(27)19-15-11-7-8-12-16(15)21(28)26(24-19)14-9-5-4-6-10-14/h4-13H,1-3H3,(H,23,27). The molecule has 0 spiro atoms. The highest BCUT2D eigenvalue weighted by atomic mass is 16.5. The Balaban J connectivity index is 1.80. The number of carbonyl (C=O) groups excluding carboxylic acids is 1. The molecule has 0 bridgehead atoms. The average molecular weight is 388 g/mol. The van der Waals surface area contributed by atoms with E-state index in [1.54, 1.807) is 54.6 Å². The monoisotopic (exact) mass is 388 g/mol. The van der Waals surface area contributed by atoms with E-state index in [2.05, 4.69) is 15.6 Å². The van der Waals surface area contributed by atoms with E-state index in [9.17, 15) is 9.59 Å². The lowest BCUT2D eigenvalue weighted by Gasteiger charge is -2.12. The van der Waals surface area contributed by atoms with Crippen molar-refractivity contribution in [2.45, 2.75) is 26.2 Å². The highest BCUT2D eigenvalue weighted by molar-refractivity contribution is 6.10. The van der Waals surface area contributed by atoms with Gasteiger partial charge in [0, 0.05) is 16.9 Å². The second-order valence-electron chi connectivity index (χ2n) is 7.73. The molecule has 0 saturated heterocycles. The Kier molecular flexibility index (Phi) is 4.50. The molecule has 1 N–H and O–H groups in total. The molecule has 2 heterocycles. The SMILES string of the molecule is CC(C)(C)c1cc(NC(=O)c2nn(-c3ccccc3)c(=O)c3ccccc23)on1. The molecule has 0 aliphatic rings. The molecule has 2 aromatic heterocycles. The first-order chi connectivity index (χ1) is 13.8. The summed E-state index contributed by atoms with van der Waals surface area (Å²) < 4.78 is 6.49. The highest BCUT2D eigenvalue weighted by Crippen LogP contribution is 2.24. The summed E-state index contributed by atoms with van der Waals surface area (Å²) in [6, 6.07) is 17.6. The Morgan fingerprint density at radius 1 is 1.00 bits per heavy atom. The quantitative estimate of drug-likeness (QED) is 0.574. The summed E-state index contributed by atoms with van der Waals surface area (Å²) in [5.41, 5.74) is 0.917. The number of para-hydroxylation sites is 1. The van der Waals surface area contributed by atoms with Gasteiger partial charge in [0.05, 0.1) is 16.8 Å². The number of rotatable bonds is 3. The smallest absolute Gasteiger partial charge is 0.279 e. The third-order valence-electron chi connectivity index (χ3n) is 4.54. The number of hydrogen-bond donors (Lipinski definition) is 1. The third-order valence-corrected chi connectivity index (χ3v) is 4.54. The number of hydrogen-bond acceptors (Lipinski definition) is 5. The van der Waals surface area contributed by atoms with Gasteiger partial charge in [0.15, 0.2) is 5.69 Å². The Labute approximate surface area is 167 Å². The van der Waals surface area contributed by atoms with Crippen LogP contribution in [0.1, 0.15) is 37.0 Å². The summed E-state index contributed by atoms with van der Waals surface area (Å²) in [5, 5.41) is 11.9. The van der Waals surface area contributed by atoms with Gasteiger partial charge in [-0.05, 0) is 18.2 Å². The van der Waals surface area contributed by atoms with Gasteiger partial charge in [-0.25, -0.2) is 0 Å². The van der Waals surface area contributed by atoms with E-state index in [0.29, 0.717) is 16.5 Å². The van der Waals surface area contributed by atoms with Crippen LogP contribution in [0.25, 0.3) is 16.5 Å². The summed E-state index contributed by atoms with van der Waals surface area (Å²) in [4.78, 5) is 25.9. The number of fused-ring (bicyclic) bond motifs is 1. The fourth-order valence-corrected chi connectivity index (χ4v) is 2.96. The number of amides is 1. The molecule has 0 saturated carbocycles. The normalized spacial score (nSPS) is 11.6. The third kappa shape index (κ3) is 3.54. The van der Waals surface area contributed by atoms with Crippen molar-refractivity contribution in [2.75, 3.05) is 5.32 Å². The minimum absolute atomic E-state index is 0.123. The first-order valence-corrected chi connectivity index (χ1v) is 9.20. The maximum atomic E-state index is 13.0. The van der Waals surface area contributed by atoms with E-state index in [1.165, 1.54) is 4.68 Å². The molecule has 4 aromatic rings. The molecular weight excluding hydrogens is 368 g/mol. The predicted octanol–water partition coefficient (Wildman–Crippen LogP) is 3.92. The van der Waals surface area contributed by atoms with Gasteiger partial charge in [0.2, 0.25) is 5.88 Å². The minimum atomic E-state index is -0.484. The van der Waals surface area contributed by atoms with Crippen molar-refractivity contribution < 1.29 is 9.32 Å². The molecule has 7 heteroatoms. The van der Waals surface area contributed by atoms with Crippen LogP contribution < -0.4 is 10.9 Å². The molecule has 29 heavy (non-hydrogen) atoms. The average Bonchev–Trinajstić information content (AvgIpc) is 3.18. The number of nitrogens with zero attached hydrogens (tertiary/aromatic N) is 3. The van der Waals surface area contributed by atoms with Gasteiger partial charge in [-0.2, -0.15) is 9.78 Å². The Morgan fingerprint density at radius 2 is 1.66 bits per heavy atom. The van der Waals surface area contributed by atoms with Crippen molar-refractivity contribution in [2.24, 2.45) is 0 Å². The summed E-state index contributed by atoms with van der Waals surface area (Å²) in [7, 11) is 0. The zero-order chi connectivity index (χ0) is 20.6. The molecule has 1 amide bonds. The molecule has 7 nitrogen and oxygen atoms in total. The van der Waals surface area contributed by atoms with Crippen LogP contribution in [0.5, 0.6) is 0 Å². The molecule has 146 valence electrons. The van der Waals surface area contributed by atoms with Crippen LogP contribution in [0, 0.1) is 0 Å². The lowest BCUT2D eigenvalue weighted by atomic mass is 9.92. The lowest BCUT2D eigenvalue weighted by Crippen LogP contribution is -2.26. The maximum Gasteiger partial charge on any atom is 0.279 e. The zero-order valence-corrected chi connectivity index (χ0v) is 16.3. The topological polar surface area (TPSA) is 90.0 Å². The van der Waals surface area contributed by atoms with Crippen molar-refractivity contribution in [3.8, 4) is 5.69 Å². The van der Waals surface area contributed by atoms with Gasteiger partial charge < -0.3 is 4.52 Å². The fraction of sp³-hybridized carbons (Fsp3) is 0.182. The summed E-state index contributed by atoms with van der Waals surface area (Å²) in [6.45, 7) is 6.00. The summed E-state index contributed by atoms with van der Waals surface area (Å²) >= 11 is 0. The Morgan fingerprint density at radius 3 is 2.31 bits per heavy atom. The van der Waals surface area contributed by atoms with Crippen LogP contribution in [0.2, 0.25) is 0 Å². The van der Waals surface area contributed by atoms with E-state index in [4.69, 9.17) is 4.52 Å². The van der Waals surface area contributed by atoms with Crippen LogP contribution in [-0.4, -0.2) is 20.8 Å². The van der Waals surface area contributed by atoms with E-state index < -0.39 is 5.91 Å². The van der Waals surface area contributed by atoms with Crippen LogP contribution in [0.4, 0.5) is 5.88 Å². The van der Waals surface area contributed by atoms with Crippen LogP contribution in [0.15, 0.2) is 70.0 Å². The first-order valence-electron chi connectivity index (χ1n) is 9.20. The molecule has 0 atom stereocenters. The molecule has 0 unspecified atom stereocenters. The zero-order valence-electron chi connectivity index (χ0n) is 16.3. The predicted molar refractivity (Wildman–Crippen MR) is 110 cm³/mol. The first kappa shape index (κ1) is 18.6. The molecule has 0 aliphatic heterocycles. The molecular formula is C22H20N4O3. The van der Waals surface area contributed by atoms with Crippen LogP contribution >= 0.6 is 0 Å². The minimum Gasteiger partial charge on any atom is -0.338 e. The molecule has 4 rings (SSSR count). The molecule has 0 fully saturated rings. The fourth-order valence-electron chi connectivity index (χ4n) is 2.96. The van der Waals surface area contributed by atoms with E-state index in [-0.39, 0.29) is 22.6 Å². The van der Waals surface area contributed by atoms with Gasteiger partial charge in [-0.15, -0.1) is 0 Å². The number of aromatic nitrogens is 3. The van der Waals surface area contributed by atoms with Crippen molar-refractivity contribution in [1.82, 2.24) is 14.9 Å².